The molecule has 3 aromatic rings. The number of alkyl halides is 5. The minimum atomic E-state index is -5.83. The molecule has 2 aromatic carbocycles. The maximum Gasteiger partial charge on any atom is 0.499 e. The van der Waals surface area contributed by atoms with E-state index in [2.05, 4.69) is 14.8 Å². The van der Waals surface area contributed by atoms with E-state index in [-0.39, 0.29) is 11.4 Å². The summed E-state index contributed by atoms with van der Waals surface area (Å²) in [6.07, 6.45) is -9.83. The van der Waals surface area contributed by atoms with Gasteiger partial charge in [-0.15, -0.1) is 5.10 Å². The Balaban J connectivity index is 1.81. The molecule has 0 saturated carbocycles. The molecule has 3 rings (SSSR count). The summed E-state index contributed by atoms with van der Waals surface area (Å²) in [4.78, 5) is 15.2. The van der Waals surface area contributed by atoms with Crippen LogP contribution in [0.15, 0.2) is 48.8 Å². The van der Waals surface area contributed by atoms with Crippen molar-refractivity contribution in [1.29, 1.82) is 0 Å². The quantitative estimate of drug-likeness (QED) is 0.625. The van der Waals surface area contributed by atoms with Gasteiger partial charge in [0.25, 0.3) is 0 Å². The highest BCUT2D eigenvalue weighted by Gasteiger charge is 2.61. The van der Waals surface area contributed by atoms with Gasteiger partial charge in [-0.2, -0.15) is 22.0 Å². The molecule has 0 spiro atoms. The number of hydrogen-bond donors (Lipinski definition) is 1. The Hall–Kier alpha value is -3.50. The molecular formula is C18H12F5N3O3. The highest BCUT2D eigenvalue weighted by Crippen LogP contribution is 2.37. The number of aryl methyl sites for hydroxylation is 1. The van der Waals surface area contributed by atoms with Crippen molar-refractivity contribution in [1.82, 2.24) is 14.8 Å². The standard InChI is InChI=1S/C18H12F5N3O3/c1-10-8-11(2-7-14(10)16(27)28)15-24-9-26(25-15)12-3-5-13(6-4-12)29-18(22,23)17(19,20)21/h2-9H,1H3,(H,27,28). The third-order valence-corrected chi connectivity index (χ3v) is 3.88. The van der Waals surface area contributed by atoms with Gasteiger partial charge in [0.2, 0.25) is 0 Å². The molecule has 6 nitrogen and oxygen atoms in total. The van der Waals surface area contributed by atoms with Crippen LogP contribution in [0.1, 0.15) is 15.9 Å². The SMILES string of the molecule is Cc1cc(-c2ncn(-c3ccc(OC(F)(F)C(F)(F)F)cc3)n2)ccc1C(=O)O. The Kier molecular flexibility index (Phi) is 4.99. The van der Waals surface area contributed by atoms with E-state index in [0.29, 0.717) is 16.8 Å². The van der Waals surface area contributed by atoms with E-state index < -0.39 is 24.0 Å². The van der Waals surface area contributed by atoms with E-state index in [1.54, 1.807) is 13.0 Å². The van der Waals surface area contributed by atoms with Crippen LogP contribution < -0.4 is 4.74 Å². The maximum absolute atomic E-state index is 12.9. The van der Waals surface area contributed by atoms with E-state index >= 15 is 0 Å². The van der Waals surface area contributed by atoms with Gasteiger partial charge in [-0.25, -0.2) is 14.5 Å². The van der Waals surface area contributed by atoms with Crippen molar-refractivity contribution in [3.05, 3.63) is 59.9 Å². The number of aromatic nitrogens is 3. The first kappa shape index (κ1) is 20.2. The van der Waals surface area contributed by atoms with Crippen LogP contribution in [-0.4, -0.2) is 38.1 Å². The topological polar surface area (TPSA) is 77.2 Å². The summed E-state index contributed by atoms with van der Waals surface area (Å²) in [6.45, 7) is 1.62. The summed E-state index contributed by atoms with van der Waals surface area (Å²) in [5.41, 5.74) is 1.54. The van der Waals surface area contributed by atoms with Crippen molar-refractivity contribution in [3.63, 3.8) is 0 Å². The fourth-order valence-corrected chi connectivity index (χ4v) is 2.44. The van der Waals surface area contributed by atoms with Crippen LogP contribution in [0.25, 0.3) is 17.1 Å². The highest BCUT2D eigenvalue weighted by atomic mass is 19.4. The van der Waals surface area contributed by atoms with Crippen molar-refractivity contribution in [3.8, 4) is 22.8 Å². The van der Waals surface area contributed by atoms with Crippen molar-refractivity contribution in [2.75, 3.05) is 0 Å². The van der Waals surface area contributed by atoms with Gasteiger partial charge < -0.3 is 9.84 Å². The molecule has 11 heteroatoms. The second kappa shape index (κ2) is 7.15. The second-order valence-electron chi connectivity index (χ2n) is 5.96. The molecule has 0 fully saturated rings. The predicted molar refractivity (Wildman–Crippen MR) is 90.1 cm³/mol. The first-order valence-corrected chi connectivity index (χ1v) is 7.98. The summed E-state index contributed by atoms with van der Waals surface area (Å²) < 4.78 is 67.4. The molecule has 0 radical (unpaired) electrons. The number of carboxylic acids is 1. The number of benzene rings is 2. The molecule has 0 aliphatic rings. The van der Waals surface area contributed by atoms with E-state index in [1.165, 1.54) is 35.3 Å². The lowest BCUT2D eigenvalue weighted by atomic mass is 10.1. The van der Waals surface area contributed by atoms with Crippen molar-refractivity contribution in [2.24, 2.45) is 0 Å². The molecule has 0 aliphatic heterocycles. The molecule has 0 atom stereocenters. The van der Waals surface area contributed by atoms with Gasteiger partial charge in [0.1, 0.15) is 12.1 Å². The number of aromatic carboxylic acids is 1. The lowest BCUT2D eigenvalue weighted by Crippen LogP contribution is -2.41. The lowest BCUT2D eigenvalue weighted by Gasteiger charge is -2.20. The Morgan fingerprint density at radius 1 is 1.07 bits per heavy atom. The molecule has 0 bridgehead atoms. The number of halogens is 5. The highest BCUT2D eigenvalue weighted by molar-refractivity contribution is 5.90. The Labute approximate surface area is 160 Å². The lowest BCUT2D eigenvalue weighted by molar-refractivity contribution is -0.360. The number of carbonyl (C=O) groups is 1. The Morgan fingerprint density at radius 2 is 1.72 bits per heavy atom. The third-order valence-electron chi connectivity index (χ3n) is 3.88. The van der Waals surface area contributed by atoms with Crippen LogP contribution in [0.4, 0.5) is 22.0 Å². The minimum Gasteiger partial charge on any atom is -0.478 e. The molecule has 0 saturated heterocycles. The van der Waals surface area contributed by atoms with Crippen molar-refractivity contribution in [2.45, 2.75) is 19.2 Å². The Bertz CT molecular complexity index is 1050. The van der Waals surface area contributed by atoms with Gasteiger partial charge in [-0.3, -0.25) is 0 Å². The third kappa shape index (κ3) is 4.18. The molecule has 1 aromatic heterocycles. The first-order chi connectivity index (χ1) is 13.5. The van der Waals surface area contributed by atoms with Gasteiger partial charge in [-0.1, -0.05) is 6.07 Å². The van der Waals surface area contributed by atoms with Crippen LogP contribution in [0.2, 0.25) is 0 Å². The van der Waals surface area contributed by atoms with Crippen LogP contribution in [0.5, 0.6) is 5.75 Å². The number of ether oxygens (including phenoxy) is 1. The molecule has 1 N–H and O–H groups in total. The van der Waals surface area contributed by atoms with E-state index in [4.69, 9.17) is 5.11 Å². The van der Waals surface area contributed by atoms with Gasteiger partial charge >= 0.3 is 18.3 Å². The summed E-state index contributed by atoms with van der Waals surface area (Å²) in [5.74, 6) is -1.46. The van der Waals surface area contributed by atoms with E-state index in [9.17, 15) is 26.7 Å². The van der Waals surface area contributed by atoms with Crippen LogP contribution in [0, 0.1) is 6.92 Å². The predicted octanol–water partition coefficient (Wildman–Crippen LogP) is 4.47. The van der Waals surface area contributed by atoms with Gasteiger partial charge in [0.15, 0.2) is 5.82 Å². The number of nitrogens with zero attached hydrogens (tertiary/aromatic N) is 3. The van der Waals surface area contributed by atoms with Gasteiger partial charge in [0.05, 0.1) is 11.3 Å². The second-order valence-corrected chi connectivity index (χ2v) is 5.96. The monoisotopic (exact) mass is 413 g/mol. The summed E-state index contributed by atoms with van der Waals surface area (Å²) in [5, 5.41) is 13.3. The Morgan fingerprint density at radius 3 is 2.28 bits per heavy atom. The fourth-order valence-electron chi connectivity index (χ4n) is 2.44. The minimum absolute atomic E-state index is 0.138. The molecule has 1 heterocycles. The number of hydrogen-bond acceptors (Lipinski definition) is 4. The average molecular weight is 413 g/mol. The van der Waals surface area contributed by atoms with Crippen LogP contribution in [0.3, 0.4) is 0 Å². The van der Waals surface area contributed by atoms with Gasteiger partial charge in [0, 0.05) is 5.56 Å². The first-order valence-electron chi connectivity index (χ1n) is 7.98. The summed E-state index contributed by atoms with van der Waals surface area (Å²) in [7, 11) is 0. The summed E-state index contributed by atoms with van der Waals surface area (Å²) in [6, 6.07) is 8.91. The van der Waals surface area contributed by atoms with Crippen LogP contribution in [-0.2, 0) is 0 Å². The zero-order valence-corrected chi connectivity index (χ0v) is 14.6. The molecule has 0 unspecified atom stereocenters. The van der Waals surface area contributed by atoms with Crippen LogP contribution >= 0.6 is 0 Å². The van der Waals surface area contributed by atoms with Crippen molar-refractivity contribution >= 4 is 5.97 Å². The molecule has 29 heavy (non-hydrogen) atoms. The largest absolute Gasteiger partial charge is 0.499 e. The van der Waals surface area contributed by atoms with E-state index in [1.807, 2.05) is 0 Å². The number of carboxylic acid groups (broad SMARTS) is 1. The number of rotatable bonds is 5. The summed E-state index contributed by atoms with van der Waals surface area (Å²) >= 11 is 0. The molecular weight excluding hydrogens is 401 g/mol. The zero-order valence-electron chi connectivity index (χ0n) is 14.6. The fraction of sp³-hybridized carbons (Fsp3) is 0.167. The smallest absolute Gasteiger partial charge is 0.478 e. The molecule has 152 valence electrons. The van der Waals surface area contributed by atoms with Crippen molar-refractivity contribution < 1.29 is 36.6 Å². The van der Waals surface area contributed by atoms with E-state index in [0.717, 1.165) is 12.1 Å². The zero-order chi connectivity index (χ0) is 21.4. The average Bonchev–Trinajstić information content (AvgIpc) is 3.10. The maximum atomic E-state index is 12.9. The van der Waals surface area contributed by atoms with Gasteiger partial charge in [-0.05, 0) is 48.9 Å². The molecule has 0 amide bonds. The normalized spacial score (nSPS) is 12.1. The molecule has 0 aliphatic carbocycles.